The molecule has 1 aromatic heterocycles. The van der Waals surface area contributed by atoms with Crippen molar-refractivity contribution in [1.29, 1.82) is 0 Å². The number of hydrogen-bond donors (Lipinski definition) is 1. The number of imidazole rings is 1. The van der Waals surface area contributed by atoms with E-state index < -0.39 is 0 Å². The molecule has 0 saturated carbocycles. The summed E-state index contributed by atoms with van der Waals surface area (Å²) in [4.78, 5) is 6.72. The third-order valence-electron chi connectivity index (χ3n) is 2.82. The lowest BCUT2D eigenvalue weighted by Gasteiger charge is -2.23. The van der Waals surface area contributed by atoms with Gasteiger partial charge in [0, 0.05) is 32.4 Å². The molecular weight excluding hydrogens is 200 g/mol. The van der Waals surface area contributed by atoms with E-state index in [1.807, 2.05) is 17.9 Å². The largest absolute Gasteiger partial charge is 0.340 e. The molecular formula is C12H24N4. The van der Waals surface area contributed by atoms with Crippen molar-refractivity contribution in [3.05, 3.63) is 18.2 Å². The Kier molecular flexibility index (Phi) is 5.49. The van der Waals surface area contributed by atoms with Crippen LogP contribution in [0.3, 0.4) is 0 Å². The van der Waals surface area contributed by atoms with E-state index in [0.29, 0.717) is 6.04 Å². The van der Waals surface area contributed by atoms with Crippen molar-refractivity contribution in [3.8, 4) is 0 Å². The van der Waals surface area contributed by atoms with Gasteiger partial charge < -0.3 is 14.8 Å². The zero-order chi connectivity index (χ0) is 12.0. The monoisotopic (exact) mass is 224 g/mol. The van der Waals surface area contributed by atoms with Crippen molar-refractivity contribution < 1.29 is 0 Å². The minimum Gasteiger partial charge on any atom is -0.340 e. The minimum absolute atomic E-state index is 0.502. The van der Waals surface area contributed by atoms with E-state index >= 15 is 0 Å². The highest BCUT2D eigenvalue weighted by molar-refractivity contribution is 4.95. The van der Waals surface area contributed by atoms with Crippen molar-refractivity contribution in [2.24, 2.45) is 7.05 Å². The molecule has 0 aliphatic rings. The smallest absolute Gasteiger partial charge is 0.0947 e. The van der Waals surface area contributed by atoms with Crippen LogP contribution in [0.15, 0.2) is 12.5 Å². The van der Waals surface area contributed by atoms with E-state index in [1.165, 1.54) is 0 Å². The SMILES string of the molecule is CCN(CC)CC(C)NCc1cn(C)cn1. The molecule has 16 heavy (non-hydrogen) atoms. The first-order valence-electron chi connectivity index (χ1n) is 6.08. The van der Waals surface area contributed by atoms with Gasteiger partial charge in [-0.2, -0.15) is 0 Å². The average molecular weight is 224 g/mol. The number of hydrogen-bond acceptors (Lipinski definition) is 3. The summed E-state index contributed by atoms with van der Waals surface area (Å²) in [5.41, 5.74) is 1.11. The standard InChI is InChI=1S/C12H24N4/c1-5-16(6-2)8-11(3)13-7-12-9-15(4)10-14-12/h9-11,13H,5-8H2,1-4H3. The van der Waals surface area contributed by atoms with Crippen LogP contribution in [0, 0.1) is 0 Å². The summed E-state index contributed by atoms with van der Waals surface area (Å²) in [5, 5.41) is 3.49. The van der Waals surface area contributed by atoms with Gasteiger partial charge in [0.05, 0.1) is 12.0 Å². The van der Waals surface area contributed by atoms with Crippen molar-refractivity contribution >= 4 is 0 Å². The lowest BCUT2D eigenvalue weighted by Crippen LogP contribution is -2.38. The Morgan fingerprint density at radius 3 is 2.62 bits per heavy atom. The molecule has 0 bridgehead atoms. The second-order valence-electron chi connectivity index (χ2n) is 4.30. The van der Waals surface area contributed by atoms with E-state index in [9.17, 15) is 0 Å². The molecule has 1 aromatic rings. The third-order valence-corrected chi connectivity index (χ3v) is 2.82. The summed E-state index contributed by atoms with van der Waals surface area (Å²) in [6.45, 7) is 10.8. The van der Waals surface area contributed by atoms with Crippen molar-refractivity contribution in [3.63, 3.8) is 0 Å². The fourth-order valence-corrected chi connectivity index (χ4v) is 1.77. The van der Waals surface area contributed by atoms with Gasteiger partial charge >= 0.3 is 0 Å². The molecule has 1 heterocycles. The summed E-state index contributed by atoms with van der Waals surface area (Å²) in [5.74, 6) is 0. The Morgan fingerprint density at radius 2 is 2.12 bits per heavy atom. The Labute approximate surface area is 98.7 Å². The zero-order valence-corrected chi connectivity index (χ0v) is 10.9. The number of aryl methyl sites for hydroxylation is 1. The Hall–Kier alpha value is -0.870. The minimum atomic E-state index is 0.502. The fraction of sp³-hybridized carbons (Fsp3) is 0.750. The Bertz CT molecular complexity index is 291. The summed E-state index contributed by atoms with van der Waals surface area (Å²) >= 11 is 0. The van der Waals surface area contributed by atoms with Crippen LogP contribution in [0.1, 0.15) is 26.5 Å². The molecule has 0 fully saturated rings. The topological polar surface area (TPSA) is 33.1 Å². The lowest BCUT2D eigenvalue weighted by atomic mass is 10.3. The maximum absolute atomic E-state index is 4.29. The second-order valence-corrected chi connectivity index (χ2v) is 4.30. The van der Waals surface area contributed by atoms with E-state index in [4.69, 9.17) is 0 Å². The molecule has 1 unspecified atom stereocenters. The molecule has 1 rings (SSSR count). The predicted octanol–water partition coefficient (Wildman–Crippen LogP) is 1.24. The number of aromatic nitrogens is 2. The van der Waals surface area contributed by atoms with Crippen LogP contribution in [0.25, 0.3) is 0 Å². The van der Waals surface area contributed by atoms with Crippen LogP contribution in [0.4, 0.5) is 0 Å². The van der Waals surface area contributed by atoms with E-state index in [1.54, 1.807) is 0 Å². The summed E-state index contributed by atoms with van der Waals surface area (Å²) in [7, 11) is 2.00. The van der Waals surface area contributed by atoms with Gasteiger partial charge in [0.15, 0.2) is 0 Å². The number of likely N-dealkylation sites (N-methyl/N-ethyl adjacent to an activating group) is 1. The van der Waals surface area contributed by atoms with Crippen LogP contribution >= 0.6 is 0 Å². The molecule has 0 aliphatic heterocycles. The molecule has 4 nitrogen and oxygen atoms in total. The molecule has 0 amide bonds. The van der Waals surface area contributed by atoms with Crippen LogP contribution < -0.4 is 5.32 Å². The molecule has 0 radical (unpaired) electrons. The van der Waals surface area contributed by atoms with Gasteiger partial charge in [-0.25, -0.2) is 4.98 Å². The molecule has 92 valence electrons. The van der Waals surface area contributed by atoms with E-state index in [2.05, 4.69) is 42.2 Å². The molecule has 1 N–H and O–H groups in total. The Balaban J connectivity index is 2.26. The molecule has 0 aromatic carbocycles. The highest BCUT2D eigenvalue weighted by Crippen LogP contribution is 1.96. The summed E-state index contributed by atoms with van der Waals surface area (Å²) in [6.07, 6.45) is 3.89. The van der Waals surface area contributed by atoms with Crippen LogP contribution in [0.2, 0.25) is 0 Å². The maximum Gasteiger partial charge on any atom is 0.0947 e. The number of nitrogens with one attached hydrogen (secondary N) is 1. The van der Waals surface area contributed by atoms with Gasteiger partial charge in [0.25, 0.3) is 0 Å². The highest BCUT2D eigenvalue weighted by atomic mass is 15.1. The lowest BCUT2D eigenvalue weighted by molar-refractivity contribution is 0.270. The van der Waals surface area contributed by atoms with E-state index in [-0.39, 0.29) is 0 Å². The highest BCUT2D eigenvalue weighted by Gasteiger charge is 2.06. The third kappa shape index (κ3) is 4.33. The van der Waals surface area contributed by atoms with Gasteiger partial charge in [-0.15, -0.1) is 0 Å². The van der Waals surface area contributed by atoms with Crippen LogP contribution in [0.5, 0.6) is 0 Å². The van der Waals surface area contributed by atoms with Gasteiger partial charge in [0.1, 0.15) is 0 Å². The van der Waals surface area contributed by atoms with Crippen molar-refractivity contribution in [1.82, 2.24) is 19.8 Å². The molecule has 1 atom stereocenters. The second kappa shape index (κ2) is 6.66. The first kappa shape index (κ1) is 13.2. The summed E-state index contributed by atoms with van der Waals surface area (Å²) < 4.78 is 1.98. The first-order chi connectivity index (χ1) is 7.65. The quantitative estimate of drug-likeness (QED) is 0.756. The fourth-order valence-electron chi connectivity index (χ4n) is 1.77. The van der Waals surface area contributed by atoms with Crippen LogP contribution in [-0.2, 0) is 13.6 Å². The van der Waals surface area contributed by atoms with Gasteiger partial charge in [-0.3, -0.25) is 0 Å². The average Bonchev–Trinajstić information content (AvgIpc) is 2.69. The van der Waals surface area contributed by atoms with Crippen molar-refractivity contribution in [2.45, 2.75) is 33.4 Å². The van der Waals surface area contributed by atoms with Gasteiger partial charge in [-0.05, 0) is 20.0 Å². The van der Waals surface area contributed by atoms with Crippen molar-refractivity contribution in [2.75, 3.05) is 19.6 Å². The zero-order valence-electron chi connectivity index (χ0n) is 10.9. The molecule has 0 spiro atoms. The molecule has 0 aliphatic carbocycles. The maximum atomic E-state index is 4.29. The summed E-state index contributed by atoms with van der Waals surface area (Å²) in [6, 6.07) is 0.502. The van der Waals surface area contributed by atoms with Gasteiger partial charge in [-0.1, -0.05) is 13.8 Å². The van der Waals surface area contributed by atoms with E-state index in [0.717, 1.165) is 31.9 Å². The van der Waals surface area contributed by atoms with Crippen LogP contribution in [-0.4, -0.2) is 40.1 Å². The normalized spacial score (nSPS) is 13.3. The van der Waals surface area contributed by atoms with Gasteiger partial charge in [0.2, 0.25) is 0 Å². The Morgan fingerprint density at radius 1 is 1.44 bits per heavy atom. The molecule has 4 heteroatoms. The number of rotatable bonds is 7. The number of nitrogens with zero attached hydrogens (tertiary/aromatic N) is 3. The predicted molar refractivity (Wildman–Crippen MR) is 67.3 cm³/mol. The molecule has 0 saturated heterocycles. The first-order valence-corrected chi connectivity index (χ1v) is 6.08.